The topological polar surface area (TPSA) is 75.4 Å². The first kappa shape index (κ1) is 19.9. The minimum Gasteiger partial charge on any atom is -0.387 e. The molecule has 1 atom stereocenters. The van der Waals surface area contributed by atoms with Crippen LogP contribution in [0.1, 0.15) is 43.9 Å². The first-order valence-electron chi connectivity index (χ1n) is 7.22. The number of aryl methyl sites for hydroxylation is 1. The lowest BCUT2D eigenvalue weighted by Crippen LogP contribution is -2.46. The van der Waals surface area contributed by atoms with Crippen LogP contribution in [-0.4, -0.2) is 24.1 Å². The summed E-state index contributed by atoms with van der Waals surface area (Å²) in [5.74, 6) is -0.0730. The van der Waals surface area contributed by atoms with Crippen LogP contribution >= 0.6 is 12.4 Å². The number of carbonyl (C=O) groups is 1. The molecule has 1 rings (SSSR count). The van der Waals surface area contributed by atoms with E-state index in [-0.39, 0.29) is 24.9 Å². The fourth-order valence-electron chi connectivity index (χ4n) is 2.24. The molecular weight excluding hydrogens is 288 g/mol. The van der Waals surface area contributed by atoms with Gasteiger partial charge < -0.3 is 16.2 Å². The molecule has 0 spiro atoms. The Balaban J connectivity index is 0.00000400. The van der Waals surface area contributed by atoms with Crippen molar-refractivity contribution in [3.8, 4) is 0 Å². The fourth-order valence-corrected chi connectivity index (χ4v) is 2.24. The number of nitrogens with one attached hydrogen (secondary N) is 1. The lowest BCUT2D eigenvalue weighted by atomic mass is 9.81. The third-order valence-electron chi connectivity index (χ3n) is 4.14. The quantitative estimate of drug-likeness (QED) is 0.723. The van der Waals surface area contributed by atoms with Gasteiger partial charge in [0, 0.05) is 13.1 Å². The maximum absolute atomic E-state index is 12.2. The molecule has 0 fully saturated rings. The molecule has 0 saturated heterocycles. The van der Waals surface area contributed by atoms with Gasteiger partial charge in [-0.05, 0) is 25.3 Å². The van der Waals surface area contributed by atoms with Gasteiger partial charge in [-0.25, -0.2) is 0 Å². The van der Waals surface area contributed by atoms with Crippen molar-refractivity contribution in [2.45, 2.75) is 39.7 Å². The van der Waals surface area contributed by atoms with Crippen LogP contribution in [0.2, 0.25) is 0 Å². The second kappa shape index (κ2) is 9.03. The number of aliphatic hydroxyl groups excluding tert-OH is 1. The van der Waals surface area contributed by atoms with Crippen LogP contribution in [-0.2, 0) is 4.79 Å². The second-order valence-corrected chi connectivity index (χ2v) is 5.33. The molecule has 0 aliphatic rings. The number of benzene rings is 1. The van der Waals surface area contributed by atoms with Crippen molar-refractivity contribution in [1.29, 1.82) is 0 Å². The molecule has 4 N–H and O–H groups in total. The summed E-state index contributed by atoms with van der Waals surface area (Å²) in [7, 11) is 0. The summed E-state index contributed by atoms with van der Waals surface area (Å²) in [5.41, 5.74) is 7.17. The maximum Gasteiger partial charge on any atom is 0.227 e. The van der Waals surface area contributed by atoms with E-state index in [2.05, 4.69) is 5.32 Å². The maximum atomic E-state index is 12.2. The number of nitrogens with two attached hydrogens (primary N) is 1. The Labute approximate surface area is 133 Å². The molecule has 1 amide bonds. The highest BCUT2D eigenvalue weighted by Gasteiger charge is 2.33. The van der Waals surface area contributed by atoms with E-state index in [1.165, 1.54) is 0 Å². The molecular formula is C16H27ClN2O2. The number of carbonyl (C=O) groups excluding carboxylic acids is 1. The van der Waals surface area contributed by atoms with Crippen LogP contribution < -0.4 is 11.1 Å². The average molecular weight is 315 g/mol. The second-order valence-electron chi connectivity index (χ2n) is 5.33. The van der Waals surface area contributed by atoms with Gasteiger partial charge in [0.05, 0.1) is 11.5 Å². The smallest absolute Gasteiger partial charge is 0.227 e. The van der Waals surface area contributed by atoms with Crippen LogP contribution in [0.5, 0.6) is 0 Å². The molecule has 0 aliphatic carbocycles. The SMILES string of the molecule is CCC(CC)(CN)C(=O)NCC(O)c1ccc(C)cc1.Cl. The minimum absolute atomic E-state index is 0. The standard InChI is InChI=1S/C16H26N2O2.ClH/c1-4-16(5-2,11-17)15(20)18-10-14(19)13-8-6-12(3)7-9-13;/h6-9,14,19H,4-5,10-11,17H2,1-3H3,(H,18,20);1H. The summed E-state index contributed by atoms with van der Waals surface area (Å²) in [4.78, 5) is 12.2. The summed E-state index contributed by atoms with van der Waals surface area (Å²) in [6.07, 6.45) is 0.711. The van der Waals surface area contributed by atoms with Crippen molar-refractivity contribution in [2.24, 2.45) is 11.1 Å². The van der Waals surface area contributed by atoms with Gasteiger partial charge in [-0.15, -0.1) is 12.4 Å². The van der Waals surface area contributed by atoms with Crippen LogP contribution in [0.4, 0.5) is 0 Å². The van der Waals surface area contributed by atoms with E-state index in [1.54, 1.807) is 0 Å². The fraction of sp³-hybridized carbons (Fsp3) is 0.562. The zero-order chi connectivity index (χ0) is 15.2. The largest absolute Gasteiger partial charge is 0.387 e. The Morgan fingerprint density at radius 3 is 2.24 bits per heavy atom. The molecule has 5 heteroatoms. The van der Waals surface area contributed by atoms with E-state index in [9.17, 15) is 9.90 Å². The first-order valence-corrected chi connectivity index (χ1v) is 7.22. The number of amides is 1. The van der Waals surface area contributed by atoms with E-state index in [0.29, 0.717) is 19.4 Å². The van der Waals surface area contributed by atoms with E-state index < -0.39 is 11.5 Å². The predicted molar refractivity (Wildman–Crippen MR) is 88.5 cm³/mol. The molecule has 0 saturated carbocycles. The molecule has 0 heterocycles. The Morgan fingerprint density at radius 2 is 1.81 bits per heavy atom. The van der Waals surface area contributed by atoms with Crippen LogP contribution in [0, 0.1) is 12.3 Å². The molecule has 0 aromatic heterocycles. The number of hydrogen-bond donors (Lipinski definition) is 3. The van der Waals surface area contributed by atoms with E-state index in [1.807, 2.05) is 45.0 Å². The Bertz CT molecular complexity index is 422. The number of halogens is 1. The van der Waals surface area contributed by atoms with Gasteiger partial charge in [0.2, 0.25) is 5.91 Å². The van der Waals surface area contributed by atoms with Gasteiger partial charge in [-0.1, -0.05) is 43.7 Å². The van der Waals surface area contributed by atoms with Crippen molar-refractivity contribution in [3.63, 3.8) is 0 Å². The summed E-state index contributed by atoms with van der Waals surface area (Å²) >= 11 is 0. The lowest BCUT2D eigenvalue weighted by Gasteiger charge is -2.29. The van der Waals surface area contributed by atoms with Gasteiger partial charge in [-0.3, -0.25) is 4.79 Å². The summed E-state index contributed by atoms with van der Waals surface area (Å²) in [6.45, 7) is 6.46. The van der Waals surface area contributed by atoms with E-state index in [0.717, 1.165) is 11.1 Å². The highest BCUT2D eigenvalue weighted by atomic mass is 35.5. The van der Waals surface area contributed by atoms with Crippen LogP contribution in [0.3, 0.4) is 0 Å². The predicted octanol–water partition coefficient (Wildman–Crippen LogP) is 2.33. The van der Waals surface area contributed by atoms with E-state index >= 15 is 0 Å². The van der Waals surface area contributed by atoms with Crippen molar-refractivity contribution >= 4 is 18.3 Å². The molecule has 1 aromatic carbocycles. The Morgan fingerprint density at radius 1 is 1.29 bits per heavy atom. The molecule has 0 bridgehead atoms. The molecule has 4 nitrogen and oxygen atoms in total. The van der Waals surface area contributed by atoms with Crippen molar-refractivity contribution in [2.75, 3.05) is 13.1 Å². The first-order chi connectivity index (χ1) is 9.49. The molecule has 1 aromatic rings. The third-order valence-corrected chi connectivity index (χ3v) is 4.14. The third kappa shape index (κ3) is 4.99. The normalized spacial score (nSPS) is 12.4. The zero-order valence-corrected chi connectivity index (χ0v) is 13.9. The number of aliphatic hydroxyl groups is 1. The summed E-state index contributed by atoms with van der Waals surface area (Å²) in [6, 6.07) is 7.65. The molecule has 120 valence electrons. The highest BCUT2D eigenvalue weighted by Crippen LogP contribution is 2.25. The monoisotopic (exact) mass is 314 g/mol. The van der Waals surface area contributed by atoms with Crippen molar-refractivity contribution in [1.82, 2.24) is 5.32 Å². The van der Waals surface area contributed by atoms with Crippen molar-refractivity contribution in [3.05, 3.63) is 35.4 Å². The highest BCUT2D eigenvalue weighted by molar-refractivity contribution is 5.85. The Kier molecular flexibility index (Phi) is 8.55. The molecule has 1 unspecified atom stereocenters. The van der Waals surface area contributed by atoms with E-state index in [4.69, 9.17) is 5.73 Å². The average Bonchev–Trinajstić information content (AvgIpc) is 2.48. The lowest BCUT2D eigenvalue weighted by molar-refractivity contribution is -0.131. The minimum atomic E-state index is -0.691. The zero-order valence-electron chi connectivity index (χ0n) is 13.1. The number of rotatable bonds is 7. The Hall–Kier alpha value is -1.10. The van der Waals surface area contributed by atoms with Crippen molar-refractivity contribution < 1.29 is 9.90 Å². The molecule has 21 heavy (non-hydrogen) atoms. The molecule has 0 radical (unpaired) electrons. The van der Waals surface area contributed by atoms with Gasteiger partial charge in [-0.2, -0.15) is 0 Å². The number of hydrogen-bond acceptors (Lipinski definition) is 3. The van der Waals surface area contributed by atoms with Gasteiger partial charge in [0.15, 0.2) is 0 Å². The molecule has 0 aliphatic heterocycles. The summed E-state index contributed by atoms with van der Waals surface area (Å²) < 4.78 is 0. The summed E-state index contributed by atoms with van der Waals surface area (Å²) in [5, 5.41) is 12.9. The van der Waals surface area contributed by atoms with Crippen LogP contribution in [0.25, 0.3) is 0 Å². The van der Waals surface area contributed by atoms with Gasteiger partial charge in [0.25, 0.3) is 0 Å². The van der Waals surface area contributed by atoms with Gasteiger partial charge in [0.1, 0.15) is 0 Å². The van der Waals surface area contributed by atoms with Gasteiger partial charge >= 0.3 is 0 Å². The van der Waals surface area contributed by atoms with Crippen LogP contribution in [0.15, 0.2) is 24.3 Å².